The first-order valence-electron chi connectivity index (χ1n) is 5.61. The molecule has 1 N–H and O–H groups in total. The highest BCUT2D eigenvalue weighted by Crippen LogP contribution is 2.22. The Labute approximate surface area is 116 Å². The molecule has 0 fully saturated rings. The fourth-order valence-corrected chi connectivity index (χ4v) is 2.70. The predicted octanol–water partition coefficient (Wildman–Crippen LogP) is 3.01. The summed E-state index contributed by atoms with van der Waals surface area (Å²) in [4.78, 5) is 17.2. The lowest BCUT2D eigenvalue weighted by molar-refractivity contribution is 0.0697. The molecule has 1 aromatic rings. The Morgan fingerprint density at radius 2 is 2.33 bits per heavy atom. The molecule has 0 spiro atoms. The van der Waals surface area contributed by atoms with Crippen LogP contribution in [0.2, 0.25) is 5.02 Å². The highest BCUT2D eigenvalue weighted by molar-refractivity contribution is 7.98. The normalized spacial score (nSPS) is 12.2. The van der Waals surface area contributed by atoms with E-state index in [0.717, 1.165) is 12.2 Å². The molecule has 1 heterocycles. The van der Waals surface area contributed by atoms with Crippen molar-refractivity contribution >= 4 is 35.1 Å². The van der Waals surface area contributed by atoms with Crippen LogP contribution in [0.4, 0.5) is 5.82 Å². The van der Waals surface area contributed by atoms with E-state index in [2.05, 4.69) is 18.2 Å². The molecule has 0 saturated heterocycles. The summed E-state index contributed by atoms with van der Waals surface area (Å²) in [7, 11) is 1.92. The van der Waals surface area contributed by atoms with Gasteiger partial charge in [0.25, 0.3) is 0 Å². The Balaban J connectivity index is 3.02. The molecule has 0 radical (unpaired) electrons. The van der Waals surface area contributed by atoms with Crippen LogP contribution >= 0.6 is 23.4 Å². The third-order valence-electron chi connectivity index (χ3n) is 2.81. The molecule has 1 aromatic heterocycles. The number of aromatic nitrogens is 1. The van der Waals surface area contributed by atoms with Gasteiger partial charge in [0, 0.05) is 25.0 Å². The summed E-state index contributed by atoms with van der Waals surface area (Å²) in [6, 6.07) is 1.85. The Hall–Kier alpha value is -0.940. The first-order chi connectivity index (χ1) is 8.51. The topological polar surface area (TPSA) is 53.4 Å². The number of aromatic carboxylic acids is 1. The van der Waals surface area contributed by atoms with Crippen LogP contribution in [0.25, 0.3) is 0 Å². The van der Waals surface area contributed by atoms with Crippen molar-refractivity contribution in [3.63, 3.8) is 0 Å². The zero-order valence-electron chi connectivity index (χ0n) is 10.7. The lowest BCUT2D eigenvalue weighted by Crippen LogP contribution is -2.33. The highest BCUT2D eigenvalue weighted by atomic mass is 35.5. The molecular weight excluding hydrogens is 272 g/mol. The fourth-order valence-electron chi connectivity index (χ4n) is 1.67. The molecular formula is C12H17ClN2O2S. The molecule has 0 aromatic carbocycles. The Kier molecular flexibility index (Phi) is 5.75. The van der Waals surface area contributed by atoms with Crippen LogP contribution in [0.1, 0.15) is 23.7 Å². The van der Waals surface area contributed by atoms with Crippen LogP contribution in [0.3, 0.4) is 0 Å². The van der Waals surface area contributed by atoms with E-state index in [0.29, 0.717) is 11.9 Å². The zero-order chi connectivity index (χ0) is 13.7. The Morgan fingerprint density at radius 3 is 2.83 bits per heavy atom. The van der Waals surface area contributed by atoms with Gasteiger partial charge in [-0.05, 0) is 18.7 Å². The maximum Gasteiger partial charge on any atom is 0.337 e. The van der Waals surface area contributed by atoms with Crippen molar-refractivity contribution in [3.8, 4) is 0 Å². The molecule has 0 saturated carbocycles. The summed E-state index contributed by atoms with van der Waals surface area (Å²) < 4.78 is 0. The van der Waals surface area contributed by atoms with Crippen LogP contribution in [0, 0.1) is 0 Å². The number of pyridine rings is 1. The monoisotopic (exact) mass is 288 g/mol. The van der Waals surface area contributed by atoms with Crippen LogP contribution in [0.5, 0.6) is 0 Å². The van der Waals surface area contributed by atoms with Crippen molar-refractivity contribution in [2.75, 3.05) is 24.0 Å². The summed E-state index contributed by atoms with van der Waals surface area (Å²) in [5, 5.41) is 9.20. The number of carbonyl (C=O) groups is 1. The van der Waals surface area contributed by atoms with Gasteiger partial charge in [0.2, 0.25) is 0 Å². The predicted molar refractivity (Wildman–Crippen MR) is 77.1 cm³/mol. The van der Waals surface area contributed by atoms with Gasteiger partial charge in [-0.3, -0.25) is 0 Å². The van der Waals surface area contributed by atoms with E-state index in [1.807, 2.05) is 11.9 Å². The summed E-state index contributed by atoms with van der Waals surface area (Å²) in [6.07, 6.45) is 4.42. The molecule has 0 aliphatic heterocycles. The number of hydrogen-bond donors (Lipinski definition) is 1. The number of rotatable bonds is 6. The summed E-state index contributed by atoms with van der Waals surface area (Å²) in [5.74, 6) is 0.576. The lowest BCUT2D eigenvalue weighted by Gasteiger charge is -2.28. The molecule has 0 amide bonds. The van der Waals surface area contributed by atoms with Gasteiger partial charge in [-0.1, -0.05) is 18.5 Å². The number of carboxylic acids is 1. The van der Waals surface area contributed by atoms with Crippen molar-refractivity contribution in [1.29, 1.82) is 0 Å². The SMILES string of the molecule is CCC(CSC)N(C)c1cc(C(=O)O)c(Cl)cn1. The van der Waals surface area contributed by atoms with Gasteiger partial charge in [0.05, 0.1) is 10.6 Å². The first kappa shape index (κ1) is 15.1. The number of anilines is 1. The van der Waals surface area contributed by atoms with Gasteiger partial charge in [-0.2, -0.15) is 11.8 Å². The highest BCUT2D eigenvalue weighted by Gasteiger charge is 2.17. The second-order valence-electron chi connectivity index (χ2n) is 3.96. The van der Waals surface area contributed by atoms with Gasteiger partial charge in [-0.15, -0.1) is 0 Å². The van der Waals surface area contributed by atoms with E-state index in [-0.39, 0.29) is 10.6 Å². The molecule has 1 atom stereocenters. The van der Waals surface area contributed by atoms with Crippen LogP contribution in [-0.4, -0.2) is 41.2 Å². The van der Waals surface area contributed by atoms with Crippen molar-refractivity contribution in [3.05, 3.63) is 22.8 Å². The van der Waals surface area contributed by atoms with Crippen LogP contribution in [0.15, 0.2) is 12.3 Å². The van der Waals surface area contributed by atoms with E-state index in [4.69, 9.17) is 16.7 Å². The maximum atomic E-state index is 11.0. The number of hydrogen-bond acceptors (Lipinski definition) is 4. The van der Waals surface area contributed by atoms with Crippen molar-refractivity contribution in [2.45, 2.75) is 19.4 Å². The third-order valence-corrected chi connectivity index (χ3v) is 3.83. The van der Waals surface area contributed by atoms with Gasteiger partial charge in [0.1, 0.15) is 5.82 Å². The molecule has 1 unspecified atom stereocenters. The number of halogens is 1. The van der Waals surface area contributed by atoms with Crippen molar-refractivity contribution in [1.82, 2.24) is 4.98 Å². The Morgan fingerprint density at radius 1 is 1.67 bits per heavy atom. The van der Waals surface area contributed by atoms with Crippen molar-refractivity contribution in [2.24, 2.45) is 0 Å². The van der Waals surface area contributed by atoms with Gasteiger partial charge in [-0.25, -0.2) is 9.78 Å². The largest absolute Gasteiger partial charge is 0.478 e. The summed E-state index contributed by atoms with van der Waals surface area (Å²) in [6.45, 7) is 2.10. The molecule has 1 rings (SSSR count). The first-order valence-corrected chi connectivity index (χ1v) is 7.39. The number of thioether (sulfide) groups is 1. The van der Waals surface area contributed by atoms with Gasteiger partial charge >= 0.3 is 5.97 Å². The quantitative estimate of drug-likeness (QED) is 0.872. The fraction of sp³-hybridized carbons (Fsp3) is 0.500. The van der Waals surface area contributed by atoms with Crippen LogP contribution in [-0.2, 0) is 0 Å². The number of nitrogens with zero attached hydrogens (tertiary/aromatic N) is 2. The second-order valence-corrected chi connectivity index (χ2v) is 5.27. The molecule has 6 heteroatoms. The minimum Gasteiger partial charge on any atom is -0.478 e. The van der Waals surface area contributed by atoms with E-state index < -0.39 is 5.97 Å². The van der Waals surface area contributed by atoms with Crippen LogP contribution < -0.4 is 4.90 Å². The minimum absolute atomic E-state index is 0.0903. The van der Waals surface area contributed by atoms with Gasteiger partial charge in [0.15, 0.2) is 0 Å². The van der Waals surface area contributed by atoms with E-state index in [1.54, 1.807) is 11.8 Å². The molecule has 0 aliphatic carbocycles. The number of carboxylic acid groups (broad SMARTS) is 1. The Bertz CT molecular complexity index is 429. The smallest absolute Gasteiger partial charge is 0.337 e. The molecule has 4 nitrogen and oxygen atoms in total. The maximum absolute atomic E-state index is 11.0. The summed E-state index contributed by atoms with van der Waals surface area (Å²) in [5.41, 5.74) is 0.0903. The molecule has 0 bridgehead atoms. The van der Waals surface area contributed by atoms with E-state index >= 15 is 0 Å². The second kappa shape index (κ2) is 6.85. The van der Waals surface area contributed by atoms with E-state index in [1.165, 1.54) is 12.3 Å². The van der Waals surface area contributed by atoms with Crippen molar-refractivity contribution < 1.29 is 9.90 Å². The molecule has 18 heavy (non-hydrogen) atoms. The molecule has 0 aliphatic rings. The average Bonchev–Trinajstić information content (AvgIpc) is 2.35. The van der Waals surface area contributed by atoms with E-state index in [9.17, 15) is 4.79 Å². The summed E-state index contributed by atoms with van der Waals surface area (Å²) >= 11 is 7.56. The molecule has 100 valence electrons. The zero-order valence-corrected chi connectivity index (χ0v) is 12.3. The minimum atomic E-state index is -1.03. The standard InChI is InChI=1S/C12H17ClN2O2S/c1-4-8(7-18-3)15(2)11-5-9(12(16)17)10(13)6-14-11/h5-6,8H,4,7H2,1-3H3,(H,16,17). The van der Waals surface area contributed by atoms with Gasteiger partial charge < -0.3 is 10.0 Å². The average molecular weight is 289 g/mol. The lowest BCUT2D eigenvalue weighted by atomic mass is 10.2. The third kappa shape index (κ3) is 3.53.